The minimum atomic E-state index is -0.253. The number of aromatic nitrogens is 1. The number of aliphatic hydroxyl groups is 1. The Kier molecular flexibility index (Phi) is 8.11. The summed E-state index contributed by atoms with van der Waals surface area (Å²) in [5, 5.41) is 10.5. The zero-order valence-electron chi connectivity index (χ0n) is 19.6. The summed E-state index contributed by atoms with van der Waals surface area (Å²) in [5.41, 5.74) is 5.50. The molecule has 0 bridgehead atoms. The number of nitrogens with one attached hydrogen (secondary N) is 1. The monoisotopic (exact) mass is 419 g/mol. The summed E-state index contributed by atoms with van der Waals surface area (Å²) in [7, 11) is 0. The van der Waals surface area contributed by atoms with Crippen LogP contribution in [-0.2, 0) is 25.0 Å². The molecule has 0 aliphatic heterocycles. The van der Waals surface area contributed by atoms with Gasteiger partial charge in [-0.3, -0.25) is 0 Å². The molecule has 3 nitrogen and oxygen atoms in total. The van der Waals surface area contributed by atoms with Crippen LogP contribution in [0.2, 0.25) is 0 Å². The van der Waals surface area contributed by atoms with E-state index in [2.05, 4.69) is 105 Å². The van der Waals surface area contributed by atoms with Crippen molar-refractivity contribution in [2.45, 2.75) is 71.7 Å². The van der Waals surface area contributed by atoms with Gasteiger partial charge in [0.05, 0.1) is 5.69 Å². The highest BCUT2D eigenvalue weighted by Crippen LogP contribution is 2.22. The molecule has 1 unspecified atom stereocenters. The van der Waals surface area contributed by atoms with Crippen molar-refractivity contribution < 1.29 is 10.0 Å². The van der Waals surface area contributed by atoms with Crippen LogP contribution in [0.5, 0.6) is 0 Å². The number of quaternary nitrogens is 1. The van der Waals surface area contributed by atoms with E-state index < -0.39 is 0 Å². The Bertz CT molecular complexity index is 906. The lowest BCUT2D eigenvalue weighted by atomic mass is 9.87. The van der Waals surface area contributed by atoms with Gasteiger partial charge in [0.2, 0.25) is 0 Å². The van der Waals surface area contributed by atoms with Gasteiger partial charge in [-0.15, -0.1) is 0 Å². The van der Waals surface area contributed by atoms with E-state index in [0.29, 0.717) is 0 Å². The van der Waals surface area contributed by atoms with Crippen LogP contribution in [0.3, 0.4) is 0 Å². The van der Waals surface area contributed by atoms with E-state index in [9.17, 15) is 5.11 Å². The fourth-order valence-corrected chi connectivity index (χ4v) is 4.19. The molecule has 31 heavy (non-hydrogen) atoms. The third-order valence-corrected chi connectivity index (χ3v) is 5.97. The van der Waals surface area contributed by atoms with Crippen LogP contribution in [0.4, 0.5) is 0 Å². The SMILES string of the molecule is CCC[C@@H](O)C[NH+](Cc1ccccc1)Cc1cccn1Cc1ccc(C(C)(C)C)cc1. The van der Waals surface area contributed by atoms with Crippen molar-refractivity contribution in [3.05, 3.63) is 95.3 Å². The zero-order valence-corrected chi connectivity index (χ0v) is 19.6. The Labute approximate surface area is 188 Å². The predicted molar refractivity (Wildman–Crippen MR) is 129 cm³/mol. The van der Waals surface area contributed by atoms with E-state index in [-0.39, 0.29) is 11.5 Å². The second-order valence-electron chi connectivity index (χ2n) is 9.81. The van der Waals surface area contributed by atoms with E-state index in [1.54, 1.807) is 0 Å². The first-order valence-corrected chi connectivity index (χ1v) is 11.6. The van der Waals surface area contributed by atoms with Crippen LogP contribution in [0.25, 0.3) is 0 Å². The molecule has 2 N–H and O–H groups in total. The Morgan fingerprint density at radius 3 is 2.23 bits per heavy atom. The third kappa shape index (κ3) is 7.09. The van der Waals surface area contributed by atoms with Crippen LogP contribution in [0.15, 0.2) is 72.9 Å². The molecular formula is C28H39N2O+. The smallest absolute Gasteiger partial charge is 0.118 e. The molecule has 1 heterocycles. The lowest BCUT2D eigenvalue weighted by Crippen LogP contribution is -3.10. The van der Waals surface area contributed by atoms with Crippen molar-refractivity contribution in [1.82, 2.24) is 4.57 Å². The summed E-state index contributed by atoms with van der Waals surface area (Å²) in [6.45, 7) is 12.4. The second kappa shape index (κ2) is 10.8. The molecule has 0 amide bonds. The molecule has 0 fully saturated rings. The number of nitrogens with zero attached hydrogens (tertiary/aromatic N) is 1. The lowest BCUT2D eigenvalue weighted by Gasteiger charge is -2.23. The average molecular weight is 420 g/mol. The van der Waals surface area contributed by atoms with E-state index >= 15 is 0 Å². The Balaban J connectivity index is 1.72. The van der Waals surface area contributed by atoms with Crippen LogP contribution in [0.1, 0.15) is 62.9 Å². The molecule has 2 atom stereocenters. The largest absolute Gasteiger partial charge is 0.387 e. The molecule has 0 aliphatic carbocycles. The molecule has 0 saturated carbocycles. The van der Waals surface area contributed by atoms with Crippen molar-refractivity contribution in [1.29, 1.82) is 0 Å². The molecule has 0 aliphatic rings. The van der Waals surface area contributed by atoms with Crippen LogP contribution < -0.4 is 4.90 Å². The third-order valence-electron chi connectivity index (χ3n) is 5.97. The minimum absolute atomic E-state index is 0.178. The predicted octanol–water partition coefficient (Wildman–Crippen LogP) is 4.58. The maximum Gasteiger partial charge on any atom is 0.118 e. The molecule has 0 radical (unpaired) electrons. The highest BCUT2D eigenvalue weighted by molar-refractivity contribution is 5.28. The first-order chi connectivity index (χ1) is 14.8. The molecule has 3 aromatic rings. The maximum atomic E-state index is 10.5. The summed E-state index contributed by atoms with van der Waals surface area (Å²) in [6, 6.07) is 24.0. The molecule has 0 spiro atoms. The number of aliphatic hydroxyl groups excluding tert-OH is 1. The normalized spacial score (nSPS) is 13.8. The van der Waals surface area contributed by atoms with Crippen LogP contribution in [-0.4, -0.2) is 22.3 Å². The first-order valence-electron chi connectivity index (χ1n) is 11.6. The van der Waals surface area contributed by atoms with Gasteiger partial charge in [0.25, 0.3) is 0 Å². The number of rotatable bonds is 10. The van der Waals surface area contributed by atoms with Crippen molar-refractivity contribution >= 4 is 0 Å². The maximum absolute atomic E-state index is 10.5. The highest BCUT2D eigenvalue weighted by Gasteiger charge is 2.18. The molecule has 0 saturated heterocycles. The van der Waals surface area contributed by atoms with Gasteiger partial charge in [-0.1, -0.05) is 88.7 Å². The van der Waals surface area contributed by atoms with Crippen LogP contribution in [0, 0.1) is 0 Å². The van der Waals surface area contributed by atoms with Gasteiger partial charge in [-0.25, -0.2) is 0 Å². The first kappa shape index (κ1) is 23.3. The Morgan fingerprint density at radius 2 is 1.58 bits per heavy atom. The molecule has 166 valence electrons. The Hall–Kier alpha value is -2.36. The fraction of sp³-hybridized carbons (Fsp3) is 0.429. The quantitative estimate of drug-likeness (QED) is 0.495. The van der Waals surface area contributed by atoms with E-state index in [4.69, 9.17) is 0 Å². The highest BCUT2D eigenvalue weighted by atomic mass is 16.3. The van der Waals surface area contributed by atoms with E-state index in [1.165, 1.54) is 27.3 Å². The summed E-state index contributed by atoms with van der Waals surface area (Å²) >= 11 is 0. The van der Waals surface area contributed by atoms with Crippen molar-refractivity contribution in [2.75, 3.05) is 6.54 Å². The fourth-order valence-electron chi connectivity index (χ4n) is 4.19. The Morgan fingerprint density at radius 1 is 0.871 bits per heavy atom. The zero-order chi connectivity index (χ0) is 22.3. The molecule has 1 aromatic heterocycles. The summed E-state index contributed by atoms with van der Waals surface area (Å²) in [4.78, 5) is 1.40. The molecule has 3 heteroatoms. The standard InChI is InChI=1S/C28H38N2O/c1-5-10-27(31)22-29(19-23-11-7-6-8-12-23)21-26-13-9-18-30(26)20-24-14-16-25(17-15-24)28(2,3)4/h6-9,11-18,27,31H,5,10,19-22H2,1-4H3/p+1/t27-/m1/s1. The van der Waals surface area contributed by atoms with Gasteiger partial charge < -0.3 is 14.6 Å². The molecular weight excluding hydrogens is 380 g/mol. The topological polar surface area (TPSA) is 29.6 Å². The lowest BCUT2D eigenvalue weighted by molar-refractivity contribution is -0.931. The van der Waals surface area contributed by atoms with Gasteiger partial charge >= 0.3 is 0 Å². The van der Waals surface area contributed by atoms with Crippen molar-refractivity contribution in [3.63, 3.8) is 0 Å². The summed E-state index contributed by atoms with van der Waals surface area (Å²) in [5.74, 6) is 0. The number of hydrogen-bond donors (Lipinski definition) is 2. The van der Waals surface area contributed by atoms with E-state index in [0.717, 1.165) is 39.0 Å². The number of benzene rings is 2. The van der Waals surface area contributed by atoms with Gasteiger partial charge in [0.1, 0.15) is 25.7 Å². The number of hydrogen-bond acceptors (Lipinski definition) is 1. The van der Waals surface area contributed by atoms with E-state index in [1.807, 2.05) is 0 Å². The molecule has 3 rings (SSSR count). The van der Waals surface area contributed by atoms with Crippen LogP contribution >= 0.6 is 0 Å². The average Bonchev–Trinajstić information content (AvgIpc) is 3.15. The van der Waals surface area contributed by atoms with Gasteiger partial charge in [0.15, 0.2) is 0 Å². The summed E-state index contributed by atoms with van der Waals surface area (Å²) in [6.07, 6.45) is 3.80. The van der Waals surface area contributed by atoms with Gasteiger partial charge in [0, 0.05) is 18.3 Å². The molecule has 2 aromatic carbocycles. The minimum Gasteiger partial charge on any atom is -0.387 e. The van der Waals surface area contributed by atoms with Gasteiger partial charge in [-0.05, 0) is 35.1 Å². The van der Waals surface area contributed by atoms with Crippen molar-refractivity contribution in [3.8, 4) is 0 Å². The van der Waals surface area contributed by atoms with Crippen molar-refractivity contribution in [2.24, 2.45) is 0 Å². The second-order valence-corrected chi connectivity index (χ2v) is 9.81. The summed E-state index contributed by atoms with van der Waals surface area (Å²) < 4.78 is 2.35. The van der Waals surface area contributed by atoms with Gasteiger partial charge in [-0.2, -0.15) is 0 Å².